The van der Waals surface area contributed by atoms with Crippen molar-refractivity contribution in [1.82, 2.24) is 0 Å². The molecule has 2 fully saturated rings. The van der Waals surface area contributed by atoms with Crippen molar-refractivity contribution in [3.05, 3.63) is 34.6 Å². The summed E-state index contributed by atoms with van der Waals surface area (Å²) in [5, 5.41) is 11.3. The van der Waals surface area contributed by atoms with Crippen LogP contribution in [0.1, 0.15) is 93.4 Å². The van der Waals surface area contributed by atoms with Gasteiger partial charge in [-0.25, -0.2) is 0 Å². The monoisotopic (exact) mass is 466 g/mol. The van der Waals surface area contributed by atoms with Gasteiger partial charge in [-0.3, -0.25) is 9.59 Å². The fraction of sp³-hybridized carbons (Fsp3) is 0.700. The maximum atomic E-state index is 14.5. The van der Waals surface area contributed by atoms with E-state index in [2.05, 4.69) is 46.8 Å². The van der Waals surface area contributed by atoms with Gasteiger partial charge in [0, 0.05) is 11.5 Å². The number of hydrogen-bond acceptors (Lipinski definition) is 4. The van der Waals surface area contributed by atoms with Gasteiger partial charge in [-0.05, 0) is 75.0 Å². The second kappa shape index (κ2) is 8.03. The third kappa shape index (κ3) is 2.92. The first-order chi connectivity index (χ1) is 15.8. The number of aliphatic hydroxyl groups is 1. The summed E-state index contributed by atoms with van der Waals surface area (Å²) in [5.41, 5.74) is -0.186. The zero-order valence-corrected chi connectivity index (χ0v) is 22.1. The van der Waals surface area contributed by atoms with Crippen molar-refractivity contribution in [3.63, 3.8) is 0 Å². The molecule has 4 aliphatic rings. The van der Waals surface area contributed by atoms with Crippen LogP contribution in [0.3, 0.4) is 0 Å². The normalized spacial score (nSPS) is 38.8. The molecule has 5 atom stereocenters. The average molecular weight is 467 g/mol. The Labute approximate surface area is 205 Å². The van der Waals surface area contributed by atoms with Gasteiger partial charge in [-0.2, -0.15) is 0 Å². The van der Waals surface area contributed by atoms with Crippen molar-refractivity contribution in [2.45, 2.75) is 93.4 Å². The summed E-state index contributed by atoms with van der Waals surface area (Å²) >= 11 is 0. The van der Waals surface area contributed by atoms with E-state index >= 15 is 0 Å². The Morgan fingerprint density at radius 3 is 2.41 bits per heavy atom. The van der Waals surface area contributed by atoms with Crippen molar-refractivity contribution in [2.75, 3.05) is 0 Å². The molecule has 0 bridgehead atoms. The summed E-state index contributed by atoms with van der Waals surface area (Å²) in [5.74, 6) is -1.65. The van der Waals surface area contributed by atoms with Crippen molar-refractivity contribution in [1.29, 1.82) is 0 Å². The van der Waals surface area contributed by atoms with Crippen LogP contribution in [-0.2, 0) is 14.4 Å². The topological polar surface area (TPSA) is 71.4 Å². The quantitative estimate of drug-likeness (QED) is 0.361. The van der Waals surface area contributed by atoms with Crippen LogP contribution in [0, 0.1) is 39.4 Å². The molecular formula is C30H42O4. The van der Waals surface area contributed by atoms with Crippen molar-refractivity contribution in [2.24, 2.45) is 39.4 Å². The van der Waals surface area contributed by atoms with Gasteiger partial charge in [0.1, 0.15) is 6.29 Å². The van der Waals surface area contributed by atoms with Gasteiger partial charge >= 0.3 is 0 Å². The average Bonchev–Trinajstić information content (AvgIpc) is 2.96. The minimum atomic E-state index is -1.10. The molecule has 0 radical (unpaired) electrons. The minimum Gasteiger partial charge on any atom is -0.504 e. The molecule has 2 saturated carbocycles. The molecule has 4 nitrogen and oxygen atoms in total. The van der Waals surface area contributed by atoms with Crippen LogP contribution in [0.15, 0.2) is 34.6 Å². The molecule has 5 unspecified atom stereocenters. The zero-order chi connectivity index (χ0) is 25.3. The number of fused-ring (bicyclic) bond motifs is 1. The Morgan fingerprint density at radius 2 is 1.82 bits per heavy atom. The summed E-state index contributed by atoms with van der Waals surface area (Å²) < 4.78 is 0. The highest BCUT2D eigenvalue weighted by molar-refractivity contribution is 6.18. The first kappa shape index (κ1) is 25.1. The number of ketones is 2. The summed E-state index contributed by atoms with van der Waals surface area (Å²) in [7, 11) is 0. The predicted molar refractivity (Wildman–Crippen MR) is 134 cm³/mol. The second-order valence-corrected chi connectivity index (χ2v) is 12.9. The highest BCUT2D eigenvalue weighted by Gasteiger charge is 2.82. The summed E-state index contributed by atoms with van der Waals surface area (Å²) in [6, 6.07) is 0. The maximum absolute atomic E-state index is 14.5. The van der Waals surface area contributed by atoms with E-state index in [0.717, 1.165) is 38.4 Å². The molecule has 0 aromatic carbocycles. The van der Waals surface area contributed by atoms with Gasteiger partial charge in [0.25, 0.3) is 0 Å². The molecule has 186 valence electrons. The number of rotatable bonds is 5. The van der Waals surface area contributed by atoms with Crippen LogP contribution in [0.25, 0.3) is 0 Å². The molecule has 34 heavy (non-hydrogen) atoms. The lowest BCUT2D eigenvalue weighted by Crippen LogP contribution is -2.62. The highest BCUT2D eigenvalue weighted by Crippen LogP contribution is 2.80. The number of hydrogen-bond donors (Lipinski definition) is 1. The van der Waals surface area contributed by atoms with E-state index in [1.807, 2.05) is 13.8 Å². The molecule has 0 aromatic heterocycles. The van der Waals surface area contributed by atoms with Crippen LogP contribution in [0.2, 0.25) is 0 Å². The van der Waals surface area contributed by atoms with Gasteiger partial charge < -0.3 is 9.90 Å². The summed E-state index contributed by atoms with van der Waals surface area (Å²) in [6.07, 6.45) is 10.7. The molecule has 0 amide bonds. The van der Waals surface area contributed by atoms with E-state index in [9.17, 15) is 19.5 Å². The Hall–Kier alpha value is -1.97. The SMILES string of the molecule is CC(C)=CCCC1=CCC23C(=O)C(C(C)C)=C(O)C(=O)C2(C1)C1(C)CCCC(C)(C)C1C3C=O. The third-order valence-electron chi connectivity index (χ3n) is 10.2. The molecule has 0 aromatic rings. The van der Waals surface area contributed by atoms with Gasteiger partial charge in [0.05, 0.1) is 10.8 Å². The first-order valence-electron chi connectivity index (χ1n) is 13.1. The van der Waals surface area contributed by atoms with Crippen LogP contribution < -0.4 is 0 Å². The smallest absolute Gasteiger partial charge is 0.205 e. The molecule has 4 aliphatic carbocycles. The summed E-state index contributed by atoms with van der Waals surface area (Å²) in [6.45, 7) is 14.4. The standard InChI is InChI=1S/C30H42O4/c1-18(2)10-8-11-20-12-15-29-21(17-31)24-27(5,6)13-9-14-28(24,7)30(29,16-20)26(34)23(32)22(19(3)4)25(29)33/h10,12,17,19,21,24,32H,8-9,11,13-16H2,1-7H3. The second-order valence-electron chi connectivity index (χ2n) is 12.9. The summed E-state index contributed by atoms with van der Waals surface area (Å²) in [4.78, 5) is 41.9. The van der Waals surface area contributed by atoms with E-state index in [1.165, 1.54) is 11.1 Å². The van der Waals surface area contributed by atoms with Crippen molar-refractivity contribution in [3.8, 4) is 0 Å². The Morgan fingerprint density at radius 1 is 1.15 bits per heavy atom. The van der Waals surface area contributed by atoms with E-state index in [0.29, 0.717) is 12.8 Å². The van der Waals surface area contributed by atoms with Gasteiger partial charge in [0.2, 0.25) is 5.78 Å². The van der Waals surface area contributed by atoms with Gasteiger partial charge in [-0.15, -0.1) is 0 Å². The number of aldehydes is 1. The lowest BCUT2D eigenvalue weighted by atomic mass is 9.42. The number of carbonyl (C=O) groups is 3. The molecule has 1 N–H and O–H groups in total. The molecular weight excluding hydrogens is 424 g/mol. The van der Waals surface area contributed by atoms with Crippen molar-refractivity contribution < 1.29 is 19.5 Å². The van der Waals surface area contributed by atoms with E-state index < -0.39 is 22.2 Å². The Bertz CT molecular complexity index is 1020. The molecule has 4 heteroatoms. The number of Topliss-reactive ketones (excluding diaryl/α,β-unsaturated/α-hetero) is 2. The fourth-order valence-corrected chi connectivity index (χ4v) is 9.03. The third-order valence-corrected chi connectivity index (χ3v) is 10.2. The fourth-order valence-electron chi connectivity index (χ4n) is 9.03. The Balaban J connectivity index is 2.00. The van der Waals surface area contributed by atoms with Crippen LogP contribution in [-0.4, -0.2) is 23.0 Å². The molecule has 0 saturated heterocycles. The molecule has 0 aliphatic heterocycles. The van der Waals surface area contributed by atoms with E-state index in [1.54, 1.807) is 0 Å². The maximum Gasteiger partial charge on any atom is 0.205 e. The minimum absolute atomic E-state index is 0.0796. The predicted octanol–water partition coefficient (Wildman–Crippen LogP) is 6.71. The van der Waals surface area contributed by atoms with Gasteiger partial charge in [0.15, 0.2) is 11.5 Å². The van der Waals surface area contributed by atoms with Crippen LogP contribution in [0.5, 0.6) is 0 Å². The number of aliphatic hydroxyl groups excluding tert-OH is 1. The van der Waals surface area contributed by atoms with Crippen LogP contribution >= 0.6 is 0 Å². The lowest BCUT2D eigenvalue weighted by molar-refractivity contribution is -0.162. The number of carbonyl (C=O) groups excluding carboxylic acids is 3. The molecule has 4 rings (SSSR count). The Kier molecular flexibility index (Phi) is 5.94. The van der Waals surface area contributed by atoms with E-state index in [4.69, 9.17) is 0 Å². The van der Waals surface area contributed by atoms with Gasteiger partial charge in [-0.1, -0.05) is 64.3 Å². The van der Waals surface area contributed by atoms with Crippen molar-refractivity contribution >= 4 is 17.9 Å². The first-order valence-corrected chi connectivity index (χ1v) is 13.1. The highest BCUT2D eigenvalue weighted by atomic mass is 16.3. The molecule has 0 heterocycles. The largest absolute Gasteiger partial charge is 0.504 e. The van der Waals surface area contributed by atoms with Crippen LogP contribution in [0.4, 0.5) is 0 Å². The van der Waals surface area contributed by atoms with E-state index in [-0.39, 0.29) is 40.1 Å². The zero-order valence-electron chi connectivity index (χ0n) is 22.1. The molecule has 0 spiro atoms. The number of allylic oxidation sites excluding steroid dienone is 6. The lowest BCUT2D eigenvalue weighted by Gasteiger charge is -2.58.